The van der Waals surface area contributed by atoms with Gasteiger partial charge in [-0.15, -0.1) is 0 Å². The van der Waals surface area contributed by atoms with Gasteiger partial charge in [0.05, 0.1) is 18.1 Å². The Morgan fingerprint density at radius 3 is 2.29 bits per heavy atom. The number of amides is 1. The standard InChI is InChI=1S/C9H16F3N3OS/c1-14(6-9(10,11)12)5-8(16)15(2)4-3-7(13)17/h3-6H2,1-2H3,(H2,13,17). The van der Waals surface area contributed by atoms with Gasteiger partial charge in [-0.25, -0.2) is 0 Å². The highest BCUT2D eigenvalue weighted by atomic mass is 32.1. The Labute approximate surface area is 104 Å². The van der Waals surface area contributed by atoms with Gasteiger partial charge >= 0.3 is 6.18 Å². The lowest BCUT2D eigenvalue weighted by atomic mass is 10.3. The van der Waals surface area contributed by atoms with E-state index in [0.717, 1.165) is 4.90 Å². The van der Waals surface area contributed by atoms with Crippen molar-refractivity contribution in [3.8, 4) is 0 Å². The normalized spacial score (nSPS) is 11.6. The maximum atomic E-state index is 12.0. The molecule has 2 N–H and O–H groups in total. The molecule has 0 fully saturated rings. The van der Waals surface area contributed by atoms with Crippen molar-refractivity contribution in [1.82, 2.24) is 9.80 Å². The molecule has 0 unspecified atom stereocenters. The second-order valence-corrected chi connectivity index (χ2v) is 4.34. The largest absolute Gasteiger partial charge is 0.401 e. The third kappa shape index (κ3) is 8.87. The van der Waals surface area contributed by atoms with Crippen LogP contribution in [0.3, 0.4) is 0 Å². The zero-order valence-corrected chi connectivity index (χ0v) is 10.6. The van der Waals surface area contributed by atoms with Crippen LogP contribution in [-0.4, -0.2) is 60.6 Å². The Balaban J connectivity index is 4.03. The van der Waals surface area contributed by atoms with Crippen molar-refractivity contribution < 1.29 is 18.0 Å². The number of hydrogen-bond acceptors (Lipinski definition) is 3. The summed E-state index contributed by atoms with van der Waals surface area (Å²) in [5.41, 5.74) is 5.26. The summed E-state index contributed by atoms with van der Waals surface area (Å²) in [6.07, 6.45) is -3.94. The molecule has 0 rings (SSSR count). The highest BCUT2D eigenvalue weighted by Gasteiger charge is 2.30. The minimum atomic E-state index is -4.30. The highest BCUT2D eigenvalue weighted by molar-refractivity contribution is 7.80. The van der Waals surface area contributed by atoms with Gasteiger partial charge in [-0.2, -0.15) is 13.2 Å². The first kappa shape index (κ1) is 16.1. The molecule has 4 nitrogen and oxygen atoms in total. The van der Waals surface area contributed by atoms with Gasteiger partial charge in [-0.3, -0.25) is 9.69 Å². The number of hydrogen-bond donors (Lipinski definition) is 1. The fourth-order valence-corrected chi connectivity index (χ4v) is 1.21. The lowest BCUT2D eigenvalue weighted by Gasteiger charge is -2.22. The van der Waals surface area contributed by atoms with E-state index >= 15 is 0 Å². The summed E-state index contributed by atoms with van der Waals surface area (Å²) in [7, 11) is 2.74. The summed E-state index contributed by atoms with van der Waals surface area (Å²) in [4.78, 5) is 14.0. The first-order chi connectivity index (χ1) is 7.61. The van der Waals surface area contributed by atoms with Gasteiger partial charge in [0, 0.05) is 20.0 Å². The SMILES string of the molecule is CN(CC(=O)N(C)CCC(N)=S)CC(F)(F)F. The maximum Gasteiger partial charge on any atom is 0.401 e. The van der Waals surface area contributed by atoms with Crippen molar-refractivity contribution in [2.75, 3.05) is 33.7 Å². The summed E-state index contributed by atoms with van der Waals surface area (Å²) >= 11 is 4.64. The Kier molecular flexibility index (Phi) is 6.40. The fourth-order valence-electron chi connectivity index (χ4n) is 1.12. The molecule has 0 aliphatic carbocycles. The molecule has 8 heteroatoms. The van der Waals surface area contributed by atoms with Crippen LogP contribution in [0.5, 0.6) is 0 Å². The Hall–Kier alpha value is -0.890. The third-order valence-electron chi connectivity index (χ3n) is 1.97. The topological polar surface area (TPSA) is 49.6 Å². The molecule has 1 amide bonds. The van der Waals surface area contributed by atoms with Gasteiger partial charge in [0.15, 0.2) is 0 Å². The molecular weight excluding hydrogens is 255 g/mol. The first-order valence-corrected chi connectivity index (χ1v) is 5.30. The second-order valence-electron chi connectivity index (χ2n) is 3.82. The average Bonchev–Trinajstić information content (AvgIpc) is 2.10. The number of halogens is 3. The van der Waals surface area contributed by atoms with Gasteiger partial charge in [0.1, 0.15) is 0 Å². The summed E-state index contributed by atoms with van der Waals surface area (Å²) in [5, 5.41) is 0. The number of nitrogens with two attached hydrogens (primary N) is 1. The number of carbonyl (C=O) groups is 1. The van der Waals surface area contributed by atoms with E-state index in [2.05, 4.69) is 12.2 Å². The first-order valence-electron chi connectivity index (χ1n) is 4.89. The number of likely N-dealkylation sites (N-methyl/N-ethyl adjacent to an activating group) is 2. The van der Waals surface area contributed by atoms with E-state index in [-0.39, 0.29) is 11.5 Å². The fraction of sp³-hybridized carbons (Fsp3) is 0.778. The van der Waals surface area contributed by atoms with Crippen LogP contribution < -0.4 is 5.73 Å². The molecule has 0 aromatic rings. The van der Waals surface area contributed by atoms with E-state index in [0.29, 0.717) is 13.0 Å². The van der Waals surface area contributed by atoms with Crippen LogP contribution in [0.1, 0.15) is 6.42 Å². The zero-order chi connectivity index (χ0) is 13.6. The van der Waals surface area contributed by atoms with E-state index in [4.69, 9.17) is 5.73 Å². The van der Waals surface area contributed by atoms with Crippen LogP contribution >= 0.6 is 12.2 Å². The number of carbonyl (C=O) groups excluding carboxylic acids is 1. The smallest absolute Gasteiger partial charge is 0.393 e. The van der Waals surface area contributed by atoms with Crippen LogP contribution in [0.4, 0.5) is 13.2 Å². The van der Waals surface area contributed by atoms with E-state index in [9.17, 15) is 18.0 Å². The molecule has 17 heavy (non-hydrogen) atoms. The molecule has 0 aromatic heterocycles. The van der Waals surface area contributed by atoms with Crippen molar-refractivity contribution in [1.29, 1.82) is 0 Å². The van der Waals surface area contributed by atoms with Crippen LogP contribution in [0, 0.1) is 0 Å². The molecule has 0 spiro atoms. The van der Waals surface area contributed by atoms with Crippen LogP contribution in [0.15, 0.2) is 0 Å². The Bertz CT molecular complexity index is 283. The maximum absolute atomic E-state index is 12.0. The highest BCUT2D eigenvalue weighted by Crippen LogP contribution is 2.15. The minimum Gasteiger partial charge on any atom is -0.393 e. The van der Waals surface area contributed by atoms with Gasteiger partial charge in [0.25, 0.3) is 0 Å². The van der Waals surface area contributed by atoms with Crippen LogP contribution in [0.25, 0.3) is 0 Å². The van der Waals surface area contributed by atoms with Crippen molar-refractivity contribution >= 4 is 23.1 Å². The third-order valence-corrected chi connectivity index (χ3v) is 2.18. The molecule has 0 heterocycles. The molecule has 0 aliphatic rings. The quantitative estimate of drug-likeness (QED) is 0.719. The van der Waals surface area contributed by atoms with Crippen molar-refractivity contribution in [2.24, 2.45) is 5.73 Å². The van der Waals surface area contributed by atoms with E-state index in [1.807, 2.05) is 0 Å². The molecule has 0 bridgehead atoms. The molecule has 100 valence electrons. The van der Waals surface area contributed by atoms with Gasteiger partial charge in [-0.1, -0.05) is 12.2 Å². The molecule has 0 radical (unpaired) electrons. The summed E-state index contributed by atoms with van der Waals surface area (Å²) in [6.45, 7) is -1.08. The van der Waals surface area contributed by atoms with Crippen molar-refractivity contribution in [3.05, 3.63) is 0 Å². The second kappa shape index (κ2) is 6.75. The van der Waals surface area contributed by atoms with E-state index < -0.39 is 18.6 Å². The van der Waals surface area contributed by atoms with Gasteiger partial charge < -0.3 is 10.6 Å². The van der Waals surface area contributed by atoms with Crippen molar-refractivity contribution in [3.63, 3.8) is 0 Å². The monoisotopic (exact) mass is 271 g/mol. The summed E-state index contributed by atoms with van der Waals surface area (Å²) in [6, 6.07) is 0. The predicted octanol–water partition coefficient (Wildman–Crippen LogP) is 0.615. The minimum absolute atomic E-state index is 0.272. The Morgan fingerprint density at radius 2 is 1.88 bits per heavy atom. The summed E-state index contributed by atoms with van der Waals surface area (Å²) in [5.74, 6) is -0.395. The van der Waals surface area contributed by atoms with Gasteiger partial charge in [0.2, 0.25) is 5.91 Å². The predicted molar refractivity (Wildman–Crippen MR) is 62.6 cm³/mol. The molecule has 0 aromatic carbocycles. The number of thiocarbonyl (C=S) groups is 1. The number of rotatable bonds is 6. The molecule has 0 aliphatic heterocycles. The van der Waals surface area contributed by atoms with Crippen LogP contribution in [0.2, 0.25) is 0 Å². The average molecular weight is 271 g/mol. The van der Waals surface area contributed by atoms with Gasteiger partial charge in [-0.05, 0) is 7.05 Å². The molecule has 0 saturated carbocycles. The molecular formula is C9H16F3N3OS. The number of nitrogens with zero attached hydrogens (tertiary/aromatic N) is 2. The summed E-state index contributed by atoms with van der Waals surface area (Å²) < 4.78 is 36.0. The molecule has 0 atom stereocenters. The van der Waals surface area contributed by atoms with Crippen molar-refractivity contribution in [2.45, 2.75) is 12.6 Å². The van der Waals surface area contributed by atoms with Crippen LogP contribution in [-0.2, 0) is 4.79 Å². The Morgan fingerprint density at radius 1 is 1.35 bits per heavy atom. The molecule has 0 saturated heterocycles. The lowest BCUT2D eigenvalue weighted by molar-refractivity contribution is -0.148. The zero-order valence-electron chi connectivity index (χ0n) is 9.75. The van der Waals surface area contributed by atoms with E-state index in [1.165, 1.54) is 19.0 Å². The van der Waals surface area contributed by atoms with E-state index in [1.54, 1.807) is 0 Å². The lowest BCUT2D eigenvalue weighted by Crippen LogP contribution is -2.41. The number of alkyl halides is 3.